The number of aromatic nitrogens is 2. The number of carbonyl (C=O) groups excluding carboxylic acids is 2. The Kier molecular flexibility index (Phi) is 5.17. The molecule has 10 nitrogen and oxygen atoms in total. The fourth-order valence-corrected chi connectivity index (χ4v) is 3.51. The third-order valence-corrected chi connectivity index (χ3v) is 4.96. The average Bonchev–Trinajstić information content (AvgIpc) is 3.14. The molecule has 4 rings (SSSR count). The molecule has 1 atom stereocenters. The van der Waals surface area contributed by atoms with Gasteiger partial charge >= 0.3 is 6.09 Å². The summed E-state index contributed by atoms with van der Waals surface area (Å²) < 4.78 is 4.99. The number of nitrogens with zero attached hydrogens (tertiary/aromatic N) is 4. The highest BCUT2D eigenvalue weighted by molar-refractivity contribution is 5.98. The highest BCUT2D eigenvalue weighted by Gasteiger charge is 2.24. The molecule has 2 aromatic rings. The van der Waals surface area contributed by atoms with Gasteiger partial charge in [0.2, 0.25) is 5.95 Å². The van der Waals surface area contributed by atoms with Crippen molar-refractivity contribution in [3.05, 3.63) is 36.0 Å². The molecule has 2 aliphatic rings. The van der Waals surface area contributed by atoms with E-state index in [0.717, 1.165) is 19.4 Å². The lowest BCUT2D eigenvalue weighted by molar-refractivity contribution is 0.100. The molecule has 0 radical (unpaired) electrons. The first-order valence-electron chi connectivity index (χ1n) is 9.50. The summed E-state index contributed by atoms with van der Waals surface area (Å²) in [6.07, 6.45) is 2.96. The highest BCUT2D eigenvalue weighted by Crippen LogP contribution is 2.26. The van der Waals surface area contributed by atoms with Crippen molar-refractivity contribution in [1.82, 2.24) is 9.97 Å². The van der Waals surface area contributed by atoms with Crippen molar-refractivity contribution in [3.63, 3.8) is 0 Å². The van der Waals surface area contributed by atoms with Gasteiger partial charge in [0.25, 0.3) is 5.91 Å². The molecule has 1 aromatic heterocycles. The minimum absolute atomic E-state index is 0.0662. The first kappa shape index (κ1) is 18.9. The van der Waals surface area contributed by atoms with Crippen molar-refractivity contribution in [2.24, 2.45) is 11.5 Å². The number of cyclic esters (lactones) is 1. The predicted octanol–water partition coefficient (Wildman–Crippen LogP) is 1.20. The summed E-state index contributed by atoms with van der Waals surface area (Å²) in [5.41, 5.74) is 13.1. The van der Waals surface area contributed by atoms with E-state index in [2.05, 4.69) is 15.3 Å². The standard InChI is InChI=1S/C19H23N7O3/c20-12-3-2-6-25(11-12)18-22-10-15(16(21)27)17(24-18)23-13-4-1-5-14(9-13)26-7-8-29-19(26)28/h1,4-5,9-10,12H,2-3,6-8,11,20H2,(H2,21,27)(H,22,23,24)/t12-/m0/s1. The van der Waals surface area contributed by atoms with Crippen LogP contribution >= 0.6 is 0 Å². The van der Waals surface area contributed by atoms with E-state index in [1.807, 2.05) is 17.0 Å². The van der Waals surface area contributed by atoms with E-state index in [-0.39, 0.29) is 17.7 Å². The maximum atomic E-state index is 11.9. The first-order chi connectivity index (χ1) is 14.0. The van der Waals surface area contributed by atoms with Crippen molar-refractivity contribution in [2.75, 3.05) is 41.4 Å². The van der Waals surface area contributed by atoms with Crippen molar-refractivity contribution in [2.45, 2.75) is 18.9 Å². The molecule has 0 unspecified atom stereocenters. The Balaban J connectivity index is 1.62. The predicted molar refractivity (Wildman–Crippen MR) is 108 cm³/mol. The number of carbonyl (C=O) groups is 2. The van der Waals surface area contributed by atoms with Gasteiger partial charge in [0.15, 0.2) is 0 Å². The molecule has 10 heteroatoms. The van der Waals surface area contributed by atoms with E-state index in [1.54, 1.807) is 17.0 Å². The van der Waals surface area contributed by atoms with Crippen LogP contribution in [0.3, 0.4) is 0 Å². The second-order valence-corrected chi connectivity index (χ2v) is 7.09. The zero-order valence-corrected chi connectivity index (χ0v) is 15.9. The van der Waals surface area contributed by atoms with Crippen LogP contribution in [0, 0.1) is 0 Å². The van der Waals surface area contributed by atoms with Crippen LogP contribution in [-0.2, 0) is 4.74 Å². The molecule has 0 saturated carbocycles. The van der Waals surface area contributed by atoms with Gasteiger partial charge in [-0.2, -0.15) is 4.98 Å². The highest BCUT2D eigenvalue weighted by atomic mass is 16.6. The summed E-state index contributed by atoms with van der Waals surface area (Å²) in [5, 5.41) is 3.13. The number of nitrogens with two attached hydrogens (primary N) is 2. The normalized spacial score (nSPS) is 19.2. The Bertz CT molecular complexity index is 936. The molecule has 0 spiro atoms. The molecular formula is C19H23N7O3. The smallest absolute Gasteiger partial charge is 0.414 e. The molecule has 2 saturated heterocycles. The van der Waals surface area contributed by atoms with Gasteiger partial charge in [-0.05, 0) is 31.0 Å². The molecule has 2 fully saturated rings. The molecule has 1 aromatic carbocycles. The lowest BCUT2D eigenvalue weighted by Crippen LogP contribution is -2.43. The van der Waals surface area contributed by atoms with E-state index in [0.29, 0.717) is 42.8 Å². The summed E-state index contributed by atoms with van der Waals surface area (Å²) in [4.78, 5) is 36.1. The maximum absolute atomic E-state index is 11.9. The van der Waals surface area contributed by atoms with E-state index in [4.69, 9.17) is 16.2 Å². The minimum Gasteiger partial charge on any atom is -0.447 e. The second-order valence-electron chi connectivity index (χ2n) is 7.09. The molecule has 2 aliphatic heterocycles. The summed E-state index contributed by atoms with van der Waals surface area (Å²) in [5.74, 6) is 0.170. The first-order valence-corrected chi connectivity index (χ1v) is 9.50. The Hall–Kier alpha value is -3.40. The number of rotatable bonds is 5. The average molecular weight is 397 g/mol. The van der Waals surface area contributed by atoms with Crippen molar-refractivity contribution < 1.29 is 14.3 Å². The Labute approximate surface area is 167 Å². The molecule has 2 amide bonds. The summed E-state index contributed by atoms with van der Waals surface area (Å²) in [7, 11) is 0. The number of benzene rings is 1. The quantitative estimate of drug-likeness (QED) is 0.684. The molecule has 152 valence electrons. The maximum Gasteiger partial charge on any atom is 0.414 e. The van der Waals surface area contributed by atoms with Gasteiger partial charge in [-0.3, -0.25) is 9.69 Å². The monoisotopic (exact) mass is 397 g/mol. The minimum atomic E-state index is -0.631. The molecular weight excluding hydrogens is 374 g/mol. The number of nitrogens with one attached hydrogen (secondary N) is 1. The largest absolute Gasteiger partial charge is 0.447 e. The van der Waals surface area contributed by atoms with Gasteiger partial charge in [-0.25, -0.2) is 9.78 Å². The summed E-state index contributed by atoms with van der Waals surface area (Å²) in [6, 6.07) is 7.28. The van der Waals surface area contributed by atoms with E-state index < -0.39 is 5.91 Å². The fraction of sp³-hybridized carbons (Fsp3) is 0.368. The number of anilines is 4. The van der Waals surface area contributed by atoms with Gasteiger partial charge in [-0.15, -0.1) is 0 Å². The van der Waals surface area contributed by atoms with Crippen molar-refractivity contribution in [1.29, 1.82) is 0 Å². The topological polar surface area (TPSA) is 140 Å². The molecule has 3 heterocycles. The lowest BCUT2D eigenvalue weighted by Gasteiger charge is -2.31. The van der Waals surface area contributed by atoms with Gasteiger partial charge in [0.1, 0.15) is 18.0 Å². The molecule has 0 aliphatic carbocycles. The van der Waals surface area contributed by atoms with Gasteiger partial charge in [0, 0.05) is 36.7 Å². The number of primary amides is 1. The summed E-state index contributed by atoms with van der Waals surface area (Å²) >= 11 is 0. The van der Waals surface area contributed by atoms with Crippen LogP contribution in [0.25, 0.3) is 0 Å². The zero-order chi connectivity index (χ0) is 20.4. The number of ether oxygens (including phenoxy) is 1. The third kappa shape index (κ3) is 4.06. The van der Waals surface area contributed by atoms with Gasteiger partial charge in [-0.1, -0.05) is 6.07 Å². The Morgan fingerprint density at radius 1 is 1.31 bits per heavy atom. The number of piperidine rings is 1. The zero-order valence-electron chi connectivity index (χ0n) is 15.9. The third-order valence-electron chi connectivity index (χ3n) is 4.96. The van der Waals surface area contributed by atoms with Crippen LogP contribution in [-0.4, -0.2) is 54.3 Å². The lowest BCUT2D eigenvalue weighted by atomic mass is 10.1. The fourth-order valence-electron chi connectivity index (χ4n) is 3.51. The number of hydrogen-bond donors (Lipinski definition) is 3. The van der Waals surface area contributed by atoms with E-state index in [1.165, 1.54) is 6.20 Å². The second kappa shape index (κ2) is 7.92. The van der Waals surface area contributed by atoms with Crippen LogP contribution in [0.5, 0.6) is 0 Å². The van der Waals surface area contributed by atoms with Gasteiger partial charge < -0.3 is 26.4 Å². The van der Waals surface area contributed by atoms with Crippen molar-refractivity contribution >= 4 is 35.1 Å². The SMILES string of the molecule is NC(=O)c1cnc(N2CCC[C@H](N)C2)nc1Nc1cccc(N2CCOC2=O)c1. The molecule has 5 N–H and O–H groups in total. The number of hydrogen-bond acceptors (Lipinski definition) is 8. The van der Waals surface area contributed by atoms with E-state index in [9.17, 15) is 9.59 Å². The van der Waals surface area contributed by atoms with Crippen LogP contribution in [0.1, 0.15) is 23.2 Å². The number of amides is 2. The van der Waals surface area contributed by atoms with Crippen LogP contribution < -0.4 is 26.6 Å². The Morgan fingerprint density at radius 3 is 2.90 bits per heavy atom. The molecule has 29 heavy (non-hydrogen) atoms. The van der Waals surface area contributed by atoms with Crippen molar-refractivity contribution in [3.8, 4) is 0 Å². The summed E-state index contributed by atoms with van der Waals surface area (Å²) in [6.45, 7) is 2.30. The van der Waals surface area contributed by atoms with Crippen LogP contribution in [0.4, 0.5) is 27.9 Å². The van der Waals surface area contributed by atoms with Gasteiger partial charge in [0.05, 0.1) is 6.54 Å². The van der Waals surface area contributed by atoms with Crippen LogP contribution in [0.15, 0.2) is 30.5 Å². The molecule has 0 bridgehead atoms. The Morgan fingerprint density at radius 2 is 2.17 bits per heavy atom. The van der Waals surface area contributed by atoms with E-state index >= 15 is 0 Å². The van der Waals surface area contributed by atoms with Crippen LogP contribution in [0.2, 0.25) is 0 Å².